The maximum atomic E-state index is 14.0. The molecule has 31 heavy (non-hydrogen) atoms. The van der Waals surface area contributed by atoms with Crippen LogP contribution >= 0.6 is 24.0 Å². The second kappa shape index (κ2) is 13.6. The van der Waals surface area contributed by atoms with E-state index in [-0.39, 0.29) is 29.8 Å². The van der Waals surface area contributed by atoms with Gasteiger partial charge in [-0.15, -0.1) is 24.0 Å². The van der Waals surface area contributed by atoms with Gasteiger partial charge in [-0.1, -0.05) is 25.3 Å². The number of rotatable bonds is 7. The van der Waals surface area contributed by atoms with Crippen LogP contribution in [0.15, 0.2) is 23.2 Å². The van der Waals surface area contributed by atoms with E-state index in [0.29, 0.717) is 19.1 Å². The van der Waals surface area contributed by atoms with Crippen LogP contribution < -0.4 is 10.6 Å². The Hall–Kier alpha value is -0.930. The maximum Gasteiger partial charge on any atom is 0.191 e. The Labute approximate surface area is 205 Å². The topological polar surface area (TPSA) is 42.9 Å². The molecule has 2 aliphatic rings. The minimum Gasteiger partial charge on any atom is -0.354 e. The monoisotopic (exact) mass is 545 g/mol. The fraction of sp³-hybridized carbons (Fsp3) is 0.708. The number of likely N-dealkylation sites (tertiary alicyclic amines) is 1. The smallest absolute Gasteiger partial charge is 0.191 e. The van der Waals surface area contributed by atoms with Crippen molar-refractivity contribution in [3.63, 3.8) is 0 Å². The standard InChI is InChI=1S/C24H40FN5.HI/c1-26-24(27-16-20-9-10-23(25)21(15-20)18-29(2)3)28-22-11-13-30(14-12-22)17-19-7-5-4-6-8-19;/h9-10,15,19,22H,4-8,11-14,16-18H2,1-3H3,(H2,26,27,28);1H. The quantitative estimate of drug-likeness (QED) is 0.306. The third-order valence-corrected chi connectivity index (χ3v) is 6.45. The van der Waals surface area contributed by atoms with Crippen LogP contribution in [0.2, 0.25) is 0 Å². The van der Waals surface area contributed by atoms with Gasteiger partial charge in [-0.25, -0.2) is 4.39 Å². The molecule has 7 heteroatoms. The van der Waals surface area contributed by atoms with E-state index in [2.05, 4.69) is 20.5 Å². The Morgan fingerprint density at radius 3 is 2.48 bits per heavy atom. The molecule has 0 radical (unpaired) electrons. The SMILES string of the molecule is CN=C(NCc1ccc(F)c(CN(C)C)c1)NC1CCN(CC2CCCCC2)CC1.I. The van der Waals surface area contributed by atoms with Crippen LogP contribution in [-0.4, -0.2) is 62.6 Å². The maximum absolute atomic E-state index is 14.0. The highest BCUT2D eigenvalue weighted by Gasteiger charge is 2.23. The summed E-state index contributed by atoms with van der Waals surface area (Å²) in [6.07, 6.45) is 9.46. The van der Waals surface area contributed by atoms with E-state index in [1.165, 1.54) is 51.7 Å². The number of halogens is 2. The van der Waals surface area contributed by atoms with Crippen LogP contribution in [0.5, 0.6) is 0 Å². The van der Waals surface area contributed by atoms with Crippen LogP contribution in [0.25, 0.3) is 0 Å². The lowest BCUT2D eigenvalue weighted by molar-refractivity contribution is 0.160. The minimum atomic E-state index is -0.144. The molecule has 0 aromatic heterocycles. The van der Waals surface area contributed by atoms with Crippen molar-refractivity contribution in [2.24, 2.45) is 10.9 Å². The van der Waals surface area contributed by atoms with Crippen LogP contribution in [-0.2, 0) is 13.1 Å². The highest BCUT2D eigenvalue weighted by molar-refractivity contribution is 14.0. The second-order valence-corrected chi connectivity index (χ2v) is 9.31. The van der Waals surface area contributed by atoms with Crippen molar-refractivity contribution in [2.45, 2.75) is 64.1 Å². The molecule has 2 N–H and O–H groups in total. The number of nitrogens with one attached hydrogen (secondary N) is 2. The van der Waals surface area contributed by atoms with Gasteiger partial charge in [0.25, 0.3) is 0 Å². The Morgan fingerprint density at radius 2 is 1.84 bits per heavy atom. The molecule has 1 aliphatic carbocycles. The van der Waals surface area contributed by atoms with Gasteiger partial charge in [0, 0.05) is 51.4 Å². The molecule has 0 spiro atoms. The summed E-state index contributed by atoms with van der Waals surface area (Å²) >= 11 is 0. The van der Waals surface area contributed by atoms with E-state index in [1.807, 2.05) is 38.2 Å². The molecule has 1 heterocycles. The van der Waals surface area contributed by atoms with Crippen LogP contribution in [0.3, 0.4) is 0 Å². The highest BCUT2D eigenvalue weighted by Crippen LogP contribution is 2.25. The summed E-state index contributed by atoms with van der Waals surface area (Å²) in [6, 6.07) is 5.82. The summed E-state index contributed by atoms with van der Waals surface area (Å²) in [5.41, 5.74) is 1.80. The Balaban J connectivity index is 0.00000341. The lowest BCUT2D eigenvalue weighted by Gasteiger charge is -2.36. The van der Waals surface area contributed by atoms with Gasteiger partial charge in [0.1, 0.15) is 5.82 Å². The number of guanidine groups is 1. The number of piperidine rings is 1. The average molecular weight is 546 g/mol. The Morgan fingerprint density at radius 1 is 1.13 bits per heavy atom. The van der Waals surface area contributed by atoms with Crippen molar-refractivity contribution in [1.29, 1.82) is 0 Å². The number of nitrogens with zero attached hydrogens (tertiary/aromatic N) is 3. The average Bonchev–Trinajstić information content (AvgIpc) is 2.75. The molecule has 0 atom stereocenters. The van der Waals surface area contributed by atoms with Crippen LogP contribution in [0, 0.1) is 11.7 Å². The Bertz CT molecular complexity index is 683. The zero-order valence-corrected chi connectivity index (χ0v) is 21.8. The number of aliphatic imine (C=N–C) groups is 1. The van der Waals surface area contributed by atoms with E-state index in [1.54, 1.807) is 6.07 Å². The van der Waals surface area contributed by atoms with Gasteiger partial charge in [0.2, 0.25) is 0 Å². The first kappa shape index (κ1) is 26.3. The van der Waals surface area contributed by atoms with Crippen molar-refractivity contribution in [3.8, 4) is 0 Å². The number of hydrogen-bond acceptors (Lipinski definition) is 3. The fourth-order valence-corrected chi connectivity index (χ4v) is 4.77. The molecule has 1 aliphatic heterocycles. The summed E-state index contributed by atoms with van der Waals surface area (Å²) in [7, 11) is 5.73. The van der Waals surface area contributed by atoms with E-state index in [0.717, 1.165) is 35.8 Å². The molecule has 0 unspecified atom stereocenters. The zero-order chi connectivity index (χ0) is 21.3. The van der Waals surface area contributed by atoms with Gasteiger partial charge in [-0.05, 0) is 63.4 Å². The second-order valence-electron chi connectivity index (χ2n) is 9.31. The predicted octanol–water partition coefficient (Wildman–Crippen LogP) is 4.22. The zero-order valence-electron chi connectivity index (χ0n) is 19.5. The van der Waals surface area contributed by atoms with E-state index in [9.17, 15) is 4.39 Å². The van der Waals surface area contributed by atoms with Crippen LogP contribution in [0.1, 0.15) is 56.1 Å². The van der Waals surface area contributed by atoms with Crippen molar-refractivity contribution in [2.75, 3.05) is 40.8 Å². The number of hydrogen-bond donors (Lipinski definition) is 2. The lowest BCUT2D eigenvalue weighted by atomic mass is 9.88. The molecule has 5 nitrogen and oxygen atoms in total. The highest BCUT2D eigenvalue weighted by atomic mass is 127. The molecule has 0 amide bonds. The summed E-state index contributed by atoms with van der Waals surface area (Å²) in [4.78, 5) is 9.04. The summed E-state index contributed by atoms with van der Waals surface area (Å²) < 4.78 is 14.0. The largest absolute Gasteiger partial charge is 0.354 e. The van der Waals surface area contributed by atoms with Crippen molar-refractivity contribution in [1.82, 2.24) is 20.4 Å². The summed E-state index contributed by atoms with van der Waals surface area (Å²) in [5.74, 6) is 1.61. The van der Waals surface area contributed by atoms with Gasteiger partial charge in [0.15, 0.2) is 5.96 Å². The fourth-order valence-electron chi connectivity index (χ4n) is 4.77. The third kappa shape index (κ3) is 8.85. The van der Waals surface area contributed by atoms with E-state index >= 15 is 0 Å². The molecule has 2 fully saturated rings. The first-order chi connectivity index (χ1) is 14.5. The van der Waals surface area contributed by atoms with Gasteiger partial charge in [0.05, 0.1) is 0 Å². The van der Waals surface area contributed by atoms with Crippen molar-refractivity contribution < 1.29 is 4.39 Å². The van der Waals surface area contributed by atoms with Gasteiger partial charge in [-0.3, -0.25) is 4.99 Å². The van der Waals surface area contributed by atoms with Crippen molar-refractivity contribution in [3.05, 3.63) is 35.1 Å². The van der Waals surface area contributed by atoms with Crippen LogP contribution in [0.4, 0.5) is 4.39 Å². The molecule has 1 saturated heterocycles. The molecule has 1 aromatic carbocycles. The van der Waals surface area contributed by atoms with E-state index < -0.39 is 0 Å². The van der Waals surface area contributed by atoms with Gasteiger partial charge in [-0.2, -0.15) is 0 Å². The van der Waals surface area contributed by atoms with Crippen molar-refractivity contribution >= 4 is 29.9 Å². The molecule has 1 aromatic rings. The third-order valence-electron chi connectivity index (χ3n) is 6.45. The molecular weight excluding hydrogens is 504 g/mol. The molecule has 176 valence electrons. The molecular formula is C24H41FIN5. The van der Waals surface area contributed by atoms with Gasteiger partial charge >= 0.3 is 0 Å². The summed E-state index contributed by atoms with van der Waals surface area (Å²) in [6.45, 7) is 4.89. The Kier molecular flexibility index (Phi) is 11.5. The first-order valence-corrected chi connectivity index (χ1v) is 11.6. The normalized spacial score (nSPS) is 19.3. The molecule has 0 bridgehead atoms. The molecule has 1 saturated carbocycles. The minimum absolute atomic E-state index is 0. The number of benzene rings is 1. The van der Waals surface area contributed by atoms with Gasteiger partial charge < -0.3 is 20.4 Å². The summed E-state index contributed by atoms with van der Waals surface area (Å²) in [5, 5.41) is 6.99. The van der Waals surface area contributed by atoms with E-state index in [4.69, 9.17) is 0 Å². The molecule has 3 rings (SSSR count). The lowest BCUT2D eigenvalue weighted by Crippen LogP contribution is -2.49. The predicted molar refractivity (Wildman–Crippen MR) is 139 cm³/mol. The first-order valence-electron chi connectivity index (χ1n) is 11.6.